The number of amides is 1. The number of benzene rings is 2. The molecular weight excluding hydrogens is 352 g/mol. The van der Waals surface area contributed by atoms with E-state index >= 15 is 0 Å². The smallest absolute Gasteiger partial charge is 0.267 e. The van der Waals surface area contributed by atoms with Crippen LogP contribution >= 0.6 is 0 Å². The zero-order valence-corrected chi connectivity index (χ0v) is 14.6. The first kappa shape index (κ1) is 17.5. The van der Waals surface area contributed by atoms with Gasteiger partial charge in [0.2, 0.25) is 6.10 Å². The molecule has 0 aromatic heterocycles. The van der Waals surface area contributed by atoms with Crippen LogP contribution in [0.2, 0.25) is 0 Å². The lowest BCUT2D eigenvalue weighted by molar-refractivity contribution is -0.142. The van der Waals surface area contributed by atoms with Crippen LogP contribution in [0.15, 0.2) is 53.7 Å². The van der Waals surface area contributed by atoms with Crippen LogP contribution in [0.4, 0.5) is 14.5 Å². The van der Waals surface area contributed by atoms with E-state index < -0.39 is 6.10 Å². The average Bonchev–Trinajstić information content (AvgIpc) is 3.18. The van der Waals surface area contributed by atoms with Crippen LogP contribution in [0.25, 0.3) is 0 Å². The Labute approximate surface area is 155 Å². The number of hydrogen-bond acceptors (Lipinski definition) is 4. The molecule has 0 aliphatic carbocycles. The van der Waals surface area contributed by atoms with Gasteiger partial charge >= 0.3 is 0 Å². The van der Waals surface area contributed by atoms with Crippen LogP contribution in [0, 0.1) is 11.6 Å². The van der Waals surface area contributed by atoms with Crippen molar-refractivity contribution in [1.29, 1.82) is 0 Å². The third kappa shape index (κ3) is 3.63. The fourth-order valence-electron chi connectivity index (χ4n) is 3.40. The Morgan fingerprint density at radius 2 is 1.70 bits per heavy atom. The SMILES string of the molecule is O=C([C@@H]1CC(c2ccccc2F)=NO1)N1CCN(c2ccc(F)cc2)CC1. The highest BCUT2D eigenvalue weighted by Gasteiger charge is 2.34. The summed E-state index contributed by atoms with van der Waals surface area (Å²) in [6, 6.07) is 12.7. The monoisotopic (exact) mass is 371 g/mol. The summed E-state index contributed by atoms with van der Waals surface area (Å²) in [4.78, 5) is 21.9. The zero-order chi connectivity index (χ0) is 18.8. The van der Waals surface area contributed by atoms with E-state index in [2.05, 4.69) is 10.1 Å². The standard InChI is InChI=1S/C20H19F2N3O2/c21-14-5-7-15(8-6-14)24-9-11-25(12-10-24)20(26)19-13-18(23-27-19)16-3-1-2-4-17(16)22/h1-8,19H,9-13H2/t19-/m0/s1. The first-order chi connectivity index (χ1) is 13.1. The lowest BCUT2D eigenvalue weighted by atomic mass is 10.0. The molecule has 5 nitrogen and oxygen atoms in total. The molecule has 2 aromatic carbocycles. The fraction of sp³-hybridized carbons (Fsp3) is 0.300. The third-order valence-electron chi connectivity index (χ3n) is 4.91. The van der Waals surface area contributed by atoms with Crippen molar-refractivity contribution >= 4 is 17.3 Å². The first-order valence-electron chi connectivity index (χ1n) is 8.89. The summed E-state index contributed by atoms with van der Waals surface area (Å²) < 4.78 is 26.9. The molecule has 1 fully saturated rings. The van der Waals surface area contributed by atoms with E-state index in [1.807, 2.05) is 0 Å². The van der Waals surface area contributed by atoms with Crippen LogP contribution in [0.5, 0.6) is 0 Å². The second-order valence-corrected chi connectivity index (χ2v) is 6.60. The Balaban J connectivity index is 1.34. The number of carbonyl (C=O) groups excluding carboxylic acids is 1. The molecular formula is C20H19F2N3O2. The maximum atomic E-state index is 13.9. The van der Waals surface area contributed by atoms with Crippen molar-refractivity contribution in [2.45, 2.75) is 12.5 Å². The maximum Gasteiger partial charge on any atom is 0.267 e. The molecule has 7 heteroatoms. The molecule has 1 amide bonds. The number of hydrogen-bond donors (Lipinski definition) is 0. The minimum atomic E-state index is -0.711. The van der Waals surface area contributed by atoms with Crippen molar-refractivity contribution in [3.05, 3.63) is 65.7 Å². The second kappa shape index (κ2) is 7.34. The van der Waals surface area contributed by atoms with Crippen molar-refractivity contribution in [3.8, 4) is 0 Å². The molecule has 4 rings (SSSR count). The number of rotatable bonds is 3. The molecule has 1 atom stereocenters. The van der Waals surface area contributed by atoms with Gasteiger partial charge in [-0.15, -0.1) is 0 Å². The van der Waals surface area contributed by atoms with E-state index in [1.54, 1.807) is 35.2 Å². The molecule has 0 unspecified atom stereocenters. The van der Waals surface area contributed by atoms with Crippen LogP contribution in [0.1, 0.15) is 12.0 Å². The Morgan fingerprint density at radius 3 is 2.41 bits per heavy atom. The Bertz CT molecular complexity index is 862. The molecule has 0 spiro atoms. The Morgan fingerprint density at radius 1 is 1.00 bits per heavy atom. The highest BCUT2D eigenvalue weighted by molar-refractivity contribution is 6.04. The summed E-state index contributed by atoms with van der Waals surface area (Å²) in [6.45, 7) is 2.41. The van der Waals surface area contributed by atoms with Crippen molar-refractivity contribution in [1.82, 2.24) is 4.90 Å². The van der Waals surface area contributed by atoms with Crippen molar-refractivity contribution in [2.24, 2.45) is 5.16 Å². The fourth-order valence-corrected chi connectivity index (χ4v) is 3.40. The Kier molecular flexibility index (Phi) is 4.75. The van der Waals surface area contributed by atoms with Crippen LogP contribution < -0.4 is 4.90 Å². The summed E-state index contributed by atoms with van der Waals surface area (Å²) in [5.41, 5.74) is 1.76. The molecule has 0 radical (unpaired) electrons. The molecule has 1 saturated heterocycles. The van der Waals surface area contributed by atoms with Crippen LogP contribution in [-0.4, -0.2) is 48.8 Å². The van der Waals surface area contributed by atoms with Gasteiger partial charge in [-0.1, -0.05) is 23.4 Å². The van der Waals surface area contributed by atoms with Gasteiger partial charge in [-0.2, -0.15) is 0 Å². The summed E-state index contributed by atoms with van der Waals surface area (Å²) in [5.74, 6) is -0.777. The molecule has 27 heavy (non-hydrogen) atoms. The van der Waals surface area contributed by atoms with Gasteiger partial charge in [-0.05, 0) is 30.3 Å². The molecule has 0 bridgehead atoms. The van der Waals surface area contributed by atoms with Crippen molar-refractivity contribution in [3.63, 3.8) is 0 Å². The average molecular weight is 371 g/mol. The molecule has 2 heterocycles. The number of piperazine rings is 1. The van der Waals surface area contributed by atoms with E-state index in [9.17, 15) is 13.6 Å². The molecule has 0 saturated carbocycles. The summed E-state index contributed by atoms with van der Waals surface area (Å²) in [7, 11) is 0. The number of oxime groups is 1. The summed E-state index contributed by atoms with van der Waals surface area (Å²) >= 11 is 0. The highest BCUT2D eigenvalue weighted by Crippen LogP contribution is 2.22. The van der Waals surface area contributed by atoms with Gasteiger partial charge in [0.25, 0.3) is 5.91 Å². The lowest BCUT2D eigenvalue weighted by Gasteiger charge is -2.36. The second-order valence-electron chi connectivity index (χ2n) is 6.60. The van der Waals surface area contributed by atoms with E-state index in [0.717, 1.165) is 5.69 Å². The van der Waals surface area contributed by atoms with E-state index in [-0.39, 0.29) is 24.0 Å². The number of carbonyl (C=O) groups is 1. The quantitative estimate of drug-likeness (QED) is 0.834. The highest BCUT2D eigenvalue weighted by atomic mass is 19.1. The molecule has 140 valence electrons. The Hall–Kier alpha value is -2.96. The van der Waals surface area contributed by atoms with Gasteiger partial charge in [0.1, 0.15) is 11.6 Å². The lowest BCUT2D eigenvalue weighted by Crippen LogP contribution is -2.51. The predicted octanol–water partition coefficient (Wildman–Crippen LogP) is 2.81. The normalized spacial score (nSPS) is 19.6. The van der Waals surface area contributed by atoms with E-state index in [0.29, 0.717) is 37.5 Å². The molecule has 2 aromatic rings. The van der Waals surface area contributed by atoms with Crippen LogP contribution in [-0.2, 0) is 9.63 Å². The van der Waals surface area contributed by atoms with Gasteiger partial charge < -0.3 is 14.6 Å². The van der Waals surface area contributed by atoms with Gasteiger partial charge in [0.05, 0.1) is 5.71 Å². The van der Waals surface area contributed by atoms with Gasteiger partial charge in [0, 0.05) is 43.9 Å². The number of nitrogens with zero attached hydrogens (tertiary/aromatic N) is 3. The van der Waals surface area contributed by atoms with Gasteiger partial charge in [-0.3, -0.25) is 4.79 Å². The summed E-state index contributed by atoms with van der Waals surface area (Å²) in [6.07, 6.45) is -0.449. The number of anilines is 1. The molecule has 0 N–H and O–H groups in total. The minimum absolute atomic E-state index is 0.135. The minimum Gasteiger partial charge on any atom is -0.382 e. The number of halogens is 2. The maximum absolute atomic E-state index is 13.9. The largest absolute Gasteiger partial charge is 0.382 e. The first-order valence-corrected chi connectivity index (χ1v) is 8.89. The zero-order valence-electron chi connectivity index (χ0n) is 14.6. The van der Waals surface area contributed by atoms with Crippen LogP contribution in [0.3, 0.4) is 0 Å². The molecule has 2 aliphatic heterocycles. The van der Waals surface area contributed by atoms with E-state index in [4.69, 9.17) is 4.84 Å². The van der Waals surface area contributed by atoms with Gasteiger partial charge in [-0.25, -0.2) is 8.78 Å². The summed E-state index contributed by atoms with van der Waals surface area (Å²) in [5, 5.41) is 3.92. The topological polar surface area (TPSA) is 45.1 Å². The molecule has 2 aliphatic rings. The predicted molar refractivity (Wildman–Crippen MR) is 97.6 cm³/mol. The van der Waals surface area contributed by atoms with Crippen molar-refractivity contribution in [2.75, 3.05) is 31.1 Å². The third-order valence-corrected chi connectivity index (χ3v) is 4.91. The van der Waals surface area contributed by atoms with Gasteiger partial charge in [0.15, 0.2) is 0 Å². The van der Waals surface area contributed by atoms with E-state index in [1.165, 1.54) is 18.2 Å². The van der Waals surface area contributed by atoms with Crippen molar-refractivity contribution < 1.29 is 18.4 Å².